The largest absolute Gasteiger partial charge is 0.497 e. The van der Waals surface area contributed by atoms with Gasteiger partial charge in [0.2, 0.25) is 0 Å². The fourth-order valence-corrected chi connectivity index (χ4v) is 2.20. The summed E-state index contributed by atoms with van der Waals surface area (Å²) < 4.78 is 5.16. The maximum Gasteiger partial charge on any atom is 0.118 e. The van der Waals surface area contributed by atoms with Gasteiger partial charge in [0.05, 0.1) is 7.11 Å². The van der Waals surface area contributed by atoms with Crippen molar-refractivity contribution in [3.05, 3.63) is 59.1 Å². The maximum atomic E-state index is 5.88. The Morgan fingerprint density at radius 1 is 1.05 bits per heavy atom. The van der Waals surface area contributed by atoms with Crippen LogP contribution in [0, 0.1) is 0 Å². The normalized spacial score (nSPS) is 11.9. The van der Waals surface area contributed by atoms with Crippen LogP contribution in [0.15, 0.2) is 48.5 Å². The van der Waals surface area contributed by atoms with E-state index in [0.29, 0.717) is 6.04 Å². The van der Waals surface area contributed by atoms with Crippen LogP contribution in [0.1, 0.15) is 18.9 Å². The highest BCUT2D eigenvalue weighted by Crippen LogP contribution is 2.17. The summed E-state index contributed by atoms with van der Waals surface area (Å²) in [6.07, 6.45) is 2.13. The summed E-state index contributed by atoms with van der Waals surface area (Å²) in [5.74, 6) is 0.904. The van der Waals surface area contributed by atoms with E-state index < -0.39 is 0 Å². The molecule has 0 bridgehead atoms. The van der Waals surface area contributed by atoms with E-state index in [1.165, 1.54) is 5.56 Å². The molecule has 0 amide bonds. The minimum atomic E-state index is 0.415. The van der Waals surface area contributed by atoms with E-state index in [1.54, 1.807) is 7.11 Å². The number of nitrogens with one attached hydrogen (secondary N) is 1. The zero-order valence-electron chi connectivity index (χ0n) is 11.9. The highest BCUT2D eigenvalue weighted by Gasteiger charge is 2.03. The maximum absolute atomic E-state index is 5.88. The molecule has 0 aliphatic carbocycles. The number of rotatable bonds is 6. The Hall–Kier alpha value is -1.67. The van der Waals surface area contributed by atoms with Gasteiger partial charge >= 0.3 is 0 Å². The van der Waals surface area contributed by atoms with Crippen LogP contribution in [0.2, 0.25) is 5.02 Å². The molecule has 20 heavy (non-hydrogen) atoms. The highest BCUT2D eigenvalue weighted by molar-refractivity contribution is 6.30. The van der Waals surface area contributed by atoms with Crippen molar-refractivity contribution in [1.29, 1.82) is 0 Å². The number of anilines is 1. The lowest BCUT2D eigenvalue weighted by molar-refractivity contribution is 0.414. The molecule has 0 fully saturated rings. The minimum Gasteiger partial charge on any atom is -0.497 e. The monoisotopic (exact) mass is 289 g/mol. The summed E-state index contributed by atoms with van der Waals surface area (Å²) in [4.78, 5) is 0. The topological polar surface area (TPSA) is 21.3 Å². The molecule has 3 heteroatoms. The molecular formula is C17H20ClNO. The van der Waals surface area contributed by atoms with E-state index in [9.17, 15) is 0 Å². The molecule has 0 aliphatic heterocycles. The zero-order valence-corrected chi connectivity index (χ0v) is 12.7. The van der Waals surface area contributed by atoms with Crippen molar-refractivity contribution in [2.45, 2.75) is 25.8 Å². The highest BCUT2D eigenvalue weighted by atomic mass is 35.5. The number of benzene rings is 2. The van der Waals surface area contributed by atoms with Crippen molar-refractivity contribution in [2.24, 2.45) is 0 Å². The van der Waals surface area contributed by atoms with Crippen molar-refractivity contribution in [3.63, 3.8) is 0 Å². The summed E-state index contributed by atoms with van der Waals surface area (Å²) in [5, 5.41) is 4.24. The SMILES string of the molecule is COc1ccc(CC[C@H](C)Nc2ccc(Cl)cc2)cc1. The molecule has 0 radical (unpaired) electrons. The molecule has 2 nitrogen and oxygen atoms in total. The molecule has 0 aliphatic rings. The van der Waals surface area contributed by atoms with Crippen molar-refractivity contribution < 1.29 is 4.74 Å². The molecule has 1 atom stereocenters. The van der Waals surface area contributed by atoms with Gasteiger partial charge in [0.1, 0.15) is 5.75 Å². The van der Waals surface area contributed by atoms with Crippen LogP contribution >= 0.6 is 11.6 Å². The molecule has 0 unspecified atom stereocenters. The first kappa shape index (κ1) is 14.7. The summed E-state index contributed by atoms with van der Waals surface area (Å²) in [6, 6.07) is 16.5. The van der Waals surface area contributed by atoms with Gasteiger partial charge in [-0.05, 0) is 61.7 Å². The number of aryl methyl sites for hydroxylation is 1. The average molecular weight is 290 g/mol. The van der Waals surface area contributed by atoms with Crippen molar-refractivity contribution in [3.8, 4) is 5.75 Å². The number of halogens is 1. The van der Waals surface area contributed by atoms with E-state index in [1.807, 2.05) is 36.4 Å². The third kappa shape index (κ3) is 4.46. The first-order valence-electron chi connectivity index (χ1n) is 6.82. The van der Waals surface area contributed by atoms with Gasteiger partial charge in [-0.1, -0.05) is 23.7 Å². The van der Waals surface area contributed by atoms with Crippen LogP contribution in [0.4, 0.5) is 5.69 Å². The van der Waals surface area contributed by atoms with Crippen LogP contribution < -0.4 is 10.1 Å². The molecule has 1 N–H and O–H groups in total. The fraction of sp³-hybridized carbons (Fsp3) is 0.294. The van der Waals surface area contributed by atoms with E-state index in [-0.39, 0.29) is 0 Å². The number of hydrogen-bond acceptors (Lipinski definition) is 2. The standard InChI is InChI=1S/C17H20ClNO/c1-13(19-16-9-7-15(18)8-10-16)3-4-14-5-11-17(20-2)12-6-14/h5-13,19H,3-4H2,1-2H3/t13-/m0/s1. The minimum absolute atomic E-state index is 0.415. The second kappa shape index (κ2) is 7.20. The molecule has 0 saturated carbocycles. The molecule has 0 spiro atoms. The first-order chi connectivity index (χ1) is 9.67. The van der Waals surface area contributed by atoms with Crippen LogP contribution in [0.25, 0.3) is 0 Å². The Bertz CT molecular complexity index is 522. The molecule has 106 valence electrons. The molecule has 0 saturated heterocycles. The van der Waals surface area contributed by atoms with E-state index in [4.69, 9.17) is 16.3 Å². The molecule has 2 aromatic carbocycles. The van der Waals surface area contributed by atoms with Gasteiger partial charge in [0, 0.05) is 16.8 Å². The Kier molecular flexibility index (Phi) is 5.31. The number of hydrogen-bond donors (Lipinski definition) is 1. The molecular weight excluding hydrogens is 270 g/mol. The second-order valence-electron chi connectivity index (χ2n) is 4.94. The predicted octanol–water partition coefficient (Wildman–Crippen LogP) is 4.78. The Morgan fingerprint density at radius 2 is 1.70 bits per heavy atom. The van der Waals surface area contributed by atoms with Gasteiger partial charge in [-0.3, -0.25) is 0 Å². The molecule has 0 heterocycles. The summed E-state index contributed by atoms with van der Waals surface area (Å²) in [7, 11) is 1.69. The Morgan fingerprint density at radius 3 is 2.30 bits per heavy atom. The van der Waals surface area contributed by atoms with Crippen LogP contribution in [0.3, 0.4) is 0 Å². The van der Waals surface area contributed by atoms with E-state index >= 15 is 0 Å². The van der Waals surface area contributed by atoms with Gasteiger partial charge in [-0.15, -0.1) is 0 Å². The van der Waals surface area contributed by atoms with Gasteiger partial charge in [-0.25, -0.2) is 0 Å². The molecule has 2 rings (SSSR count). The lowest BCUT2D eigenvalue weighted by Crippen LogP contribution is -2.15. The van der Waals surface area contributed by atoms with Crippen LogP contribution in [0.5, 0.6) is 5.75 Å². The van der Waals surface area contributed by atoms with E-state index in [0.717, 1.165) is 29.3 Å². The lowest BCUT2D eigenvalue weighted by Gasteiger charge is -2.15. The lowest BCUT2D eigenvalue weighted by atomic mass is 10.1. The smallest absolute Gasteiger partial charge is 0.118 e. The van der Waals surface area contributed by atoms with Crippen molar-refractivity contribution >= 4 is 17.3 Å². The van der Waals surface area contributed by atoms with Gasteiger partial charge in [0.25, 0.3) is 0 Å². The first-order valence-corrected chi connectivity index (χ1v) is 7.20. The number of methoxy groups -OCH3 is 1. The van der Waals surface area contributed by atoms with Gasteiger partial charge in [-0.2, -0.15) is 0 Å². The van der Waals surface area contributed by atoms with Gasteiger partial charge in [0.15, 0.2) is 0 Å². The summed E-state index contributed by atoms with van der Waals surface area (Å²) in [6.45, 7) is 2.19. The predicted molar refractivity (Wildman–Crippen MR) is 85.9 cm³/mol. The van der Waals surface area contributed by atoms with Crippen LogP contribution in [-0.4, -0.2) is 13.2 Å². The quantitative estimate of drug-likeness (QED) is 0.826. The Balaban J connectivity index is 1.82. The molecule has 0 aromatic heterocycles. The third-order valence-electron chi connectivity index (χ3n) is 3.28. The molecule has 2 aromatic rings. The zero-order chi connectivity index (χ0) is 14.4. The van der Waals surface area contributed by atoms with Crippen molar-refractivity contribution in [2.75, 3.05) is 12.4 Å². The summed E-state index contributed by atoms with van der Waals surface area (Å²) in [5.41, 5.74) is 2.44. The second-order valence-corrected chi connectivity index (χ2v) is 5.38. The third-order valence-corrected chi connectivity index (χ3v) is 3.53. The Labute approximate surface area is 125 Å². The fourth-order valence-electron chi connectivity index (χ4n) is 2.08. The average Bonchev–Trinajstić information content (AvgIpc) is 2.48. The van der Waals surface area contributed by atoms with Gasteiger partial charge < -0.3 is 10.1 Å². The van der Waals surface area contributed by atoms with E-state index in [2.05, 4.69) is 24.4 Å². The van der Waals surface area contributed by atoms with Crippen molar-refractivity contribution in [1.82, 2.24) is 0 Å². The summed E-state index contributed by atoms with van der Waals surface area (Å²) >= 11 is 5.88. The number of ether oxygens (including phenoxy) is 1. The van der Waals surface area contributed by atoms with Crippen LogP contribution in [-0.2, 0) is 6.42 Å².